The van der Waals surface area contributed by atoms with Crippen LogP contribution in [0.3, 0.4) is 0 Å². The lowest BCUT2D eigenvalue weighted by molar-refractivity contribution is -0.116. The molecule has 11 heteroatoms. The molecule has 0 radical (unpaired) electrons. The maximum atomic E-state index is 12.1. The van der Waals surface area contributed by atoms with Gasteiger partial charge in [0.25, 0.3) is 5.91 Å². The number of H-pyrrole nitrogens is 1. The molecule has 0 saturated carbocycles. The van der Waals surface area contributed by atoms with Gasteiger partial charge in [0.15, 0.2) is 11.0 Å². The number of allylic oxidation sites excluding steroid dienone is 5. The number of amides is 1. The van der Waals surface area contributed by atoms with Crippen LogP contribution in [0.5, 0.6) is 0 Å². The van der Waals surface area contributed by atoms with Gasteiger partial charge in [0.05, 0.1) is 10.6 Å². The molecule has 1 fully saturated rings. The van der Waals surface area contributed by atoms with Crippen molar-refractivity contribution in [2.75, 3.05) is 43.4 Å². The minimum Gasteiger partial charge on any atom is -0.338 e. The number of nitrogens with one attached hydrogen (secondary N) is 3. The monoisotopic (exact) mass is 551 g/mol. The molecule has 3 aliphatic rings. The van der Waals surface area contributed by atoms with E-state index in [9.17, 15) is 4.79 Å². The fraction of sp³-hybridized carbons (Fsp3) is 0.276. The lowest BCUT2D eigenvalue weighted by atomic mass is 10.1. The fourth-order valence-corrected chi connectivity index (χ4v) is 4.90. The number of rotatable bonds is 8. The Hall–Kier alpha value is -4.40. The number of benzene rings is 1. The minimum absolute atomic E-state index is 0.0496. The number of aromatic amines is 1. The van der Waals surface area contributed by atoms with Gasteiger partial charge >= 0.3 is 0 Å². The lowest BCUT2D eigenvalue weighted by Crippen LogP contribution is -2.45. The molecule has 202 valence electrons. The van der Waals surface area contributed by atoms with E-state index in [-0.39, 0.29) is 5.91 Å². The first kappa shape index (κ1) is 25.9. The van der Waals surface area contributed by atoms with Crippen molar-refractivity contribution < 1.29 is 4.79 Å². The van der Waals surface area contributed by atoms with Crippen LogP contribution in [0, 0.1) is 18.8 Å². The second-order valence-corrected chi connectivity index (χ2v) is 10.9. The average molecular weight is 552 g/mol. The molecule has 1 aromatic carbocycles. The Balaban J connectivity index is 1.23. The molecule has 1 saturated heterocycles. The zero-order chi connectivity index (χ0) is 27.5. The van der Waals surface area contributed by atoms with E-state index < -0.39 is 0 Å². The predicted molar refractivity (Wildman–Crippen MR) is 157 cm³/mol. The Morgan fingerprint density at radius 2 is 1.88 bits per heavy atom. The molecule has 6 rings (SSSR count). The number of hydrogen-bond acceptors (Lipinski definition) is 9. The SMILES string of the molecule is Cc1ccc(-c2cc(Nc3nc(SC4=CC=C(NC(=O)C5=CC5)CC#C4)nc(N4CCN(C)CC4)n3)n[nH]2)cc1. The predicted octanol–water partition coefficient (Wildman–Crippen LogP) is 3.78. The fourth-order valence-electron chi connectivity index (χ4n) is 4.19. The third-order valence-corrected chi connectivity index (χ3v) is 7.49. The molecule has 3 aromatic rings. The highest BCUT2D eigenvalue weighted by atomic mass is 32.2. The highest BCUT2D eigenvalue weighted by molar-refractivity contribution is 8.03. The van der Waals surface area contributed by atoms with Gasteiger partial charge in [0.1, 0.15) is 0 Å². The van der Waals surface area contributed by atoms with E-state index in [0.717, 1.165) is 60.0 Å². The molecular formula is C29H29N9OS. The molecule has 40 heavy (non-hydrogen) atoms. The smallest absolute Gasteiger partial charge is 0.251 e. The summed E-state index contributed by atoms with van der Waals surface area (Å²) in [5, 5.41) is 14.2. The average Bonchev–Trinajstić information content (AvgIpc) is 3.74. The maximum Gasteiger partial charge on any atom is 0.251 e. The molecule has 1 aliphatic heterocycles. The van der Waals surface area contributed by atoms with Crippen molar-refractivity contribution in [3.8, 4) is 23.1 Å². The largest absolute Gasteiger partial charge is 0.338 e. The molecule has 10 nitrogen and oxygen atoms in total. The maximum absolute atomic E-state index is 12.1. The number of hydrogen-bond donors (Lipinski definition) is 3. The van der Waals surface area contributed by atoms with Gasteiger partial charge in [-0.3, -0.25) is 9.89 Å². The lowest BCUT2D eigenvalue weighted by Gasteiger charge is -2.32. The number of piperazine rings is 1. The van der Waals surface area contributed by atoms with Gasteiger partial charge in [-0.15, -0.1) is 0 Å². The highest BCUT2D eigenvalue weighted by Gasteiger charge is 2.20. The van der Waals surface area contributed by atoms with E-state index in [1.807, 2.05) is 24.3 Å². The second kappa shape index (κ2) is 11.4. The Kier molecular flexibility index (Phi) is 7.35. The normalized spacial score (nSPS) is 16.6. The van der Waals surface area contributed by atoms with Crippen molar-refractivity contribution in [3.05, 3.63) is 70.3 Å². The van der Waals surface area contributed by atoms with Crippen molar-refractivity contribution in [1.29, 1.82) is 0 Å². The zero-order valence-electron chi connectivity index (χ0n) is 22.4. The van der Waals surface area contributed by atoms with Crippen LogP contribution >= 0.6 is 11.8 Å². The minimum atomic E-state index is -0.0496. The van der Waals surface area contributed by atoms with Crippen molar-refractivity contribution in [2.45, 2.75) is 24.9 Å². The summed E-state index contributed by atoms with van der Waals surface area (Å²) in [5.41, 5.74) is 4.75. The summed E-state index contributed by atoms with van der Waals surface area (Å²) in [6.45, 7) is 5.59. The molecule has 3 N–H and O–H groups in total. The number of aromatic nitrogens is 5. The molecule has 0 bridgehead atoms. The van der Waals surface area contributed by atoms with Gasteiger partial charge in [-0.05, 0) is 49.9 Å². The number of carbonyl (C=O) groups excluding carboxylic acids is 1. The molecule has 1 amide bonds. The molecule has 2 aromatic heterocycles. The second-order valence-electron chi connectivity index (χ2n) is 9.88. The summed E-state index contributed by atoms with van der Waals surface area (Å²) in [6.07, 6.45) is 6.92. The first-order valence-electron chi connectivity index (χ1n) is 13.2. The Labute approximate surface area is 237 Å². The standard InChI is InChI=1S/C29H29N9OS/c1-19-6-8-20(9-7-19)24-18-25(36-35-24)31-27-32-28(38-16-14-37(2)15-17-38)34-29(33-27)40-23-5-3-4-22(12-13-23)30-26(39)21-10-11-21/h6-10,12-13,18H,4,11,14-17H2,1-2H3,(H,30,39)(H2,31,32,33,34,35,36). The van der Waals surface area contributed by atoms with E-state index in [0.29, 0.717) is 29.3 Å². The molecule has 2 aliphatic carbocycles. The summed E-state index contributed by atoms with van der Waals surface area (Å²) in [4.78, 5) is 31.6. The van der Waals surface area contributed by atoms with Crippen LogP contribution in [0.25, 0.3) is 11.3 Å². The van der Waals surface area contributed by atoms with Crippen LogP contribution in [0.2, 0.25) is 0 Å². The van der Waals surface area contributed by atoms with E-state index >= 15 is 0 Å². The number of thioether (sulfide) groups is 1. The Morgan fingerprint density at radius 3 is 2.65 bits per heavy atom. The van der Waals surface area contributed by atoms with Crippen LogP contribution in [0.4, 0.5) is 17.7 Å². The van der Waals surface area contributed by atoms with Crippen LogP contribution in [0.1, 0.15) is 18.4 Å². The van der Waals surface area contributed by atoms with Gasteiger partial charge in [-0.2, -0.15) is 20.1 Å². The van der Waals surface area contributed by atoms with Crippen LogP contribution in [-0.4, -0.2) is 69.2 Å². The molecular weight excluding hydrogens is 522 g/mol. The summed E-state index contributed by atoms with van der Waals surface area (Å²) >= 11 is 1.38. The van der Waals surface area contributed by atoms with Gasteiger partial charge < -0.3 is 20.4 Å². The van der Waals surface area contributed by atoms with E-state index in [1.54, 1.807) is 0 Å². The van der Waals surface area contributed by atoms with Gasteiger partial charge in [0.2, 0.25) is 11.9 Å². The third kappa shape index (κ3) is 6.42. The van der Waals surface area contributed by atoms with Crippen molar-refractivity contribution in [1.82, 2.24) is 35.4 Å². The van der Waals surface area contributed by atoms with Crippen molar-refractivity contribution in [2.24, 2.45) is 0 Å². The molecule has 0 spiro atoms. The first-order chi connectivity index (χ1) is 19.5. The van der Waals surface area contributed by atoms with Crippen LogP contribution in [0.15, 0.2) is 69.9 Å². The zero-order valence-corrected chi connectivity index (χ0v) is 23.2. The van der Waals surface area contributed by atoms with E-state index in [2.05, 4.69) is 85.7 Å². The van der Waals surface area contributed by atoms with Gasteiger partial charge in [-0.25, -0.2) is 0 Å². The van der Waals surface area contributed by atoms with Crippen LogP contribution in [-0.2, 0) is 4.79 Å². The number of anilines is 3. The molecule has 0 unspecified atom stereocenters. The van der Waals surface area contributed by atoms with Gasteiger partial charge in [-0.1, -0.05) is 47.7 Å². The summed E-state index contributed by atoms with van der Waals surface area (Å²) in [6, 6.07) is 10.2. The summed E-state index contributed by atoms with van der Waals surface area (Å²) in [5.74, 6) is 7.90. The number of carbonyl (C=O) groups is 1. The molecule has 0 atom stereocenters. The van der Waals surface area contributed by atoms with Crippen LogP contribution < -0.4 is 15.5 Å². The number of nitrogens with zero attached hydrogens (tertiary/aromatic N) is 6. The quantitative estimate of drug-likeness (QED) is 0.360. The number of aryl methyl sites for hydroxylation is 1. The van der Waals surface area contributed by atoms with E-state index in [4.69, 9.17) is 9.97 Å². The Morgan fingerprint density at radius 1 is 1.07 bits per heavy atom. The van der Waals surface area contributed by atoms with Crippen molar-refractivity contribution >= 4 is 35.4 Å². The van der Waals surface area contributed by atoms with Gasteiger partial charge in [0, 0.05) is 49.9 Å². The summed E-state index contributed by atoms with van der Waals surface area (Å²) < 4.78 is 0. The Bertz CT molecular complexity index is 1590. The van der Waals surface area contributed by atoms with Crippen molar-refractivity contribution in [3.63, 3.8) is 0 Å². The topological polar surface area (TPSA) is 115 Å². The first-order valence-corrected chi connectivity index (χ1v) is 14.0. The summed E-state index contributed by atoms with van der Waals surface area (Å²) in [7, 11) is 2.12. The number of likely N-dealkylation sites (N-methyl/N-ethyl adjacent to an activating group) is 1. The van der Waals surface area contributed by atoms with E-state index in [1.165, 1.54) is 17.3 Å². The highest BCUT2D eigenvalue weighted by Crippen LogP contribution is 2.28. The molecule has 3 heterocycles. The third-order valence-electron chi connectivity index (χ3n) is 6.67.